The average molecular weight is 352 g/mol. The SMILES string of the molecule is Cc1ccc(NC(=S)NCc2ccc(S(C)(=O)=O)cc2)cc1F. The number of anilines is 1. The van der Waals surface area contributed by atoms with Crippen LogP contribution in [0.25, 0.3) is 0 Å². The highest BCUT2D eigenvalue weighted by molar-refractivity contribution is 7.90. The highest BCUT2D eigenvalue weighted by Crippen LogP contribution is 2.14. The summed E-state index contributed by atoms with van der Waals surface area (Å²) in [5.74, 6) is -0.297. The molecule has 2 N–H and O–H groups in total. The Hall–Kier alpha value is -1.99. The van der Waals surface area contributed by atoms with Gasteiger partial charge < -0.3 is 10.6 Å². The lowest BCUT2D eigenvalue weighted by atomic mass is 10.2. The summed E-state index contributed by atoms with van der Waals surface area (Å²) < 4.78 is 36.2. The van der Waals surface area contributed by atoms with Gasteiger partial charge in [-0.1, -0.05) is 18.2 Å². The standard InChI is InChI=1S/C16H17FN2O2S2/c1-11-3-6-13(9-15(11)17)19-16(22)18-10-12-4-7-14(8-5-12)23(2,20)21/h3-9H,10H2,1-2H3,(H2,18,19,22). The molecule has 0 bridgehead atoms. The average Bonchev–Trinajstić information content (AvgIpc) is 2.48. The molecule has 122 valence electrons. The van der Waals surface area contributed by atoms with E-state index in [2.05, 4.69) is 10.6 Å². The van der Waals surface area contributed by atoms with Gasteiger partial charge in [0.15, 0.2) is 14.9 Å². The second-order valence-electron chi connectivity index (χ2n) is 5.19. The van der Waals surface area contributed by atoms with Crippen LogP contribution in [0.4, 0.5) is 10.1 Å². The summed E-state index contributed by atoms with van der Waals surface area (Å²) in [4.78, 5) is 0.275. The maximum atomic E-state index is 13.5. The van der Waals surface area contributed by atoms with Crippen molar-refractivity contribution in [2.75, 3.05) is 11.6 Å². The van der Waals surface area contributed by atoms with E-state index < -0.39 is 9.84 Å². The number of hydrogen-bond donors (Lipinski definition) is 2. The summed E-state index contributed by atoms with van der Waals surface area (Å²) in [6.07, 6.45) is 1.17. The monoisotopic (exact) mass is 352 g/mol. The van der Waals surface area contributed by atoms with Crippen LogP contribution >= 0.6 is 12.2 Å². The highest BCUT2D eigenvalue weighted by atomic mass is 32.2. The van der Waals surface area contributed by atoms with Crippen molar-refractivity contribution in [1.82, 2.24) is 5.32 Å². The number of rotatable bonds is 4. The molecule has 0 heterocycles. The van der Waals surface area contributed by atoms with Crippen LogP contribution in [0.5, 0.6) is 0 Å². The molecule has 0 radical (unpaired) electrons. The minimum absolute atomic E-state index is 0.275. The van der Waals surface area contributed by atoms with Crippen LogP contribution in [0.1, 0.15) is 11.1 Å². The van der Waals surface area contributed by atoms with E-state index >= 15 is 0 Å². The number of aryl methyl sites for hydroxylation is 1. The van der Waals surface area contributed by atoms with Crippen LogP contribution in [0, 0.1) is 12.7 Å². The molecule has 23 heavy (non-hydrogen) atoms. The summed E-state index contributed by atoms with van der Waals surface area (Å²) in [5.41, 5.74) is 2.02. The van der Waals surface area contributed by atoms with Crippen LogP contribution < -0.4 is 10.6 Å². The molecule has 0 saturated carbocycles. The Bertz CT molecular complexity index is 818. The van der Waals surface area contributed by atoms with E-state index in [1.165, 1.54) is 12.3 Å². The molecule has 0 aliphatic carbocycles. The van der Waals surface area contributed by atoms with Crippen molar-refractivity contribution in [1.29, 1.82) is 0 Å². The number of nitrogens with one attached hydrogen (secondary N) is 2. The molecular formula is C16H17FN2O2S2. The molecule has 0 amide bonds. The molecule has 2 aromatic rings. The molecule has 2 aromatic carbocycles. The van der Waals surface area contributed by atoms with Gasteiger partial charge in [0.25, 0.3) is 0 Å². The Balaban J connectivity index is 1.92. The zero-order chi connectivity index (χ0) is 17.0. The molecule has 0 spiro atoms. The first-order valence-electron chi connectivity index (χ1n) is 6.86. The maximum absolute atomic E-state index is 13.5. The van der Waals surface area contributed by atoms with Gasteiger partial charge in [0, 0.05) is 18.5 Å². The fourth-order valence-corrected chi connectivity index (χ4v) is 2.70. The largest absolute Gasteiger partial charge is 0.358 e. The van der Waals surface area contributed by atoms with Gasteiger partial charge in [-0.15, -0.1) is 0 Å². The lowest BCUT2D eigenvalue weighted by molar-refractivity contribution is 0.602. The third-order valence-corrected chi connectivity index (χ3v) is 4.61. The first-order valence-corrected chi connectivity index (χ1v) is 9.15. The van der Waals surface area contributed by atoms with Gasteiger partial charge in [-0.25, -0.2) is 12.8 Å². The summed E-state index contributed by atoms with van der Waals surface area (Å²) in [6, 6.07) is 11.3. The van der Waals surface area contributed by atoms with Crippen LogP contribution in [0.15, 0.2) is 47.4 Å². The van der Waals surface area contributed by atoms with Crippen molar-refractivity contribution < 1.29 is 12.8 Å². The topological polar surface area (TPSA) is 58.2 Å². The minimum Gasteiger partial charge on any atom is -0.358 e. The Morgan fingerprint density at radius 2 is 1.83 bits per heavy atom. The first kappa shape index (κ1) is 17.4. The molecule has 2 rings (SSSR count). The van der Waals surface area contributed by atoms with Gasteiger partial charge in [-0.3, -0.25) is 0 Å². The zero-order valence-electron chi connectivity index (χ0n) is 12.8. The van der Waals surface area contributed by atoms with Crippen LogP contribution in [0.2, 0.25) is 0 Å². The van der Waals surface area contributed by atoms with Gasteiger partial charge >= 0.3 is 0 Å². The summed E-state index contributed by atoms with van der Waals surface area (Å²) in [7, 11) is -3.19. The molecule has 0 fully saturated rings. The second-order valence-corrected chi connectivity index (χ2v) is 7.61. The lowest BCUT2D eigenvalue weighted by Gasteiger charge is -2.11. The van der Waals surface area contributed by atoms with Gasteiger partial charge in [0.05, 0.1) is 4.90 Å². The van der Waals surface area contributed by atoms with E-state index in [0.717, 1.165) is 5.56 Å². The van der Waals surface area contributed by atoms with E-state index in [9.17, 15) is 12.8 Å². The van der Waals surface area contributed by atoms with Gasteiger partial charge in [-0.2, -0.15) is 0 Å². The Morgan fingerprint density at radius 1 is 1.17 bits per heavy atom. The van der Waals surface area contributed by atoms with E-state index in [-0.39, 0.29) is 10.7 Å². The molecule has 0 unspecified atom stereocenters. The normalized spacial score (nSPS) is 11.1. The molecule has 0 aliphatic heterocycles. The van der Waals surface area contributed by atoms with Crippen molar-refractivity contribution in [2.24, 2.45) is 0 Å². The Morgan fingerprint density at radius 3 is 2.39 bits per heavy atom. The molecule has 0 saturated heterocycles. The van der Waals surface area contributed by atoms with Crippen LogP contribution in [-0.4, -0.2) is 19.8 Å². The Kier molecular flexibility index (Phi) is 5.33. The molecular weight excluding hydrogens is 335 g/mol. The van der Waals surface area contributed by atoms with Gasteiger partial charge in [-0.05, 0) is 54.5 Å². The van der Waals surface area contributed by atoms with Crippen molar-refractivity contribution in [3.05, 3.63) is 59.4 Å². The van der Waals surface area contributed by atoms with Crippen molar-refractivity contribution in [2.45, 2.75) is 18.4 Å². The highest BCUT2D eigenvalue weighted by Gasteiger charge is 2.06. The summed E-state index contributed by atoms with van der Waals surface area (Å²) in [5, 5.41) is 6.25. The Labute approximate surface area is 140 Å². The van der Waals surface area contributed by atoms with Gasteiger partial charge in [0.1, 0.15) is 5.82 Å². The zero-order valence-corrected chi connectivity index (χ0v) is 14.4. The fraction of sp³-hybridized carbons (Fsp3) is 0.188. The number of halogens is 1. The third kappa shape index (κ3) is 5.01. The van der Waals surface area contributed by atoms with Crippen LogP contribution in [-0.2, 0) is 16.4 Å². The first-order chi connectivity index (χ1) is 10.8. The smallest absolute Gasteiger partial charge is 0.175 e. The third-order valence-electron chi connectivity index (χ3n) is 3.23. The van der Waals surface area contributed by atoms with Crippen LogP contribution in [0.3, 0.4) is 0 Å². The predicted molar refractivity (Wildman–Crippen MR) is 93.7 cm³/mol. The number of sulfone groups is 1. The van der Waals surface area contributed by atoms with Crippen molar-refractivity contribution in [3.8, 4) is 0 Å². The molecule has 0 aromatic heterocycles. The predicted octanol–water partition coefficient (Wildman–Crippen LogP) is 3.02. The number of benzene rings is 2. The molecule has 7 heteroatoms. The number of hydrogen-bond acceptors (Lipinski definition) is 3. The molecule has 4 nitrogen and oxygen atoms in total. The second kappa shape index (κ2) is 7.06. The fourth-order valence-electron chi connectivity index (χ4n) is 1.88. The summed E-state index contributed by atoms with van der Waals surface area (Å²) >= 11 is 5.16. The van der Waals surface area contributed by atoms with Crippen molar-refractivity contribution >= 4 is 32.9 Å². The van der Waals surface area contributed by atoms with Crippen molar-refractivity contribution in [3.63, 3.8) is 0 Å². The van der Waals surface area contributed by atoms with E-state index in [1.54, 1.807) is 43.3 Å². The van der Waals surface area contributed by atoms with E-state index in [1.807, 2.05) is 0 Å². The van der Waals surface area contributed by atoms with Gasteiger partial charge in [0.2, 0.25) is 0 Å². The molecule has 0 atom stereocenters. The quantitative estimate of drug-likeness (QED) is 0.829. The molecule has 0 aliphatic rings. The maximum Gasteiger partial charge on any atom is 0.175 e. The minimum atomic E-state index is -3.19. The lowest BCUT2D eigenvalue weighted by Crippen LogP contribution is -2.27. The number of thiocarbonyl (C=S) groups is 1. The van der Waals surface area contributed by atoms with E-state index in [0.29, 0.717) is 22.9 Å². The van der Waals surface area contributed by atoms with E-state index in [4.69, 9.17) is 12.2 Å². The summed E-state index contributed by atoms with van der Waals surface area (Å²) in [6.45, 7) is 2.13.